The molecule has 0 bridgehead atoms. The molecule has 0 saturated carbocycles. The van der Waals surface area contributed by atoms with Gasteiger partial charge in [0, 0.05) is 81.7 Å². The van der Waals surface area contributed by atoms with Crippen LogP contribution in [0, 0.1) is 5.82 Å². The van der Waals surface area contributed by atoms with Crippen LogP contribution in [0.5, 0.6) is 0 Å². The summed E-state index contributed by atoms with van der Waals surface area (Å²) in [4.78, 5) is 45.3. The summed E-state index contributed by atoms with van der Waals surface area (Å²) in [5.74, 6) is 2.43. The molecule has 4 aliphatic rings. The van der Waals surface area contributed by atoms with Crippen molar-refractivity contribution in [2.24, 2.45) is 4.99 Å². The number of piperazine rings is 1. The van der Waals surface area contributed by atoms with Crippen LogP contribution in [0.2, 0.25) is 0 Å². The maximum atomic E-state index is 13.5. The lowest BCUT2D eigenvalue weighted by molar-refractivity contribution is -0.119. The van der Waals surface area contributed by atoms with Crippen molar-refractivity contribution < 1.29 is 14.0 Å². The van der Waals surface area contributed by atoms with E-state index in [0.29, 0.717) is 17.7 Å². The Labute approximate surface area is 265 Å². The molecule has 3 saturated heterocycles. The van der Waals surface area contributed by atoms with E-state index >= 15 is 0 Å². The van der Waals surface area contributed by atoms with Crippen LogP contribution in [0.4, 0.5) is 16.2 Å². The molecule has 1 aromatic carbocycles. The number of benzene rings is 1. The summed E-state index contributed by atoms with van der Waals surface area (Å²) in [5.41, 5.74) is 3.48. The number of aldehydes is 1. The van der Waals surface area contributed by atoms with Crippen LogP contribution in [0.15, 0.2) is 58.4 Å². The van der Waals surface area contributed by atoms with Crippen molar-refractivity contribution in [3.63, 3.8) is 0 Å². The Morgan fingerprint density at radius 1 is 1.02 bits per heavy atom. The topological polar surface area (TPSA) is 97.3 Å². The van der Waals surface area contributed by atoms with Crippen LogP contribution in [0.3, 0.4) is 0 Å². The number of rotatable bonds is 6. The number of allylic oxidation sites excluding steroid dienone is 3. The van der Waals surface area contributed by atoms with Crippen molar-refractivity contribution >= 4 is 30.2 Å². The van der Waals surface area contributed by atoms with Crippen molar-refractivity contribution in [2.45, 2.75) is 58.5 Å². The van der Waals surface area contributed by atoms with Gasteiger partial charge in [-0.3, -0.25) is 9.59 Å². The molecule has 0 spiro atoms. The summed E-state index contributed by atoms with van der Waals surface area (Å²) in [7, 11) is 2.07. The van der Waals surface area contributed by atoms with Crippen LogP contribution in [0.25, 0.3) is 11.3 Å². The monoisotopic (exact) mass is 616 g/mol. The van der Waals surface area contributed by atoms with Crippen molar-refractivity contribution in [3.8, 4) is 11.3 Å². The SMILES string of the molecule is CC(=O)NC1CCN(C)C1.CC1=C(N2CCN(c3cc(-c4ccc(F)cc4)nc(N4CCCC4C)n3)CC2)N=CC(C=O)=CC1. The molecular formula is C34H45FN8O2. The first kappa shape index (κ1) is 32.3. The smallest absolute Gasteiger partial charge is 0.228 e. The lowest BCUT2D eigenvalue weighted by atomic mass is 10.1. The van der Waals surface area contributed by atoms with E-state index in [1.807, 2.05) is 12.1 Å². The summed E-state index contributed by atoms with van der Waals surface area (Å²) in [6, 6.07) is 9.31. The van der Waals surface area contributed by atoms with Crippen LogP contribution in [-0.2, 0) is 9.59 Å². The average molecular weight is 617 g/mol. The first-order chi connectivity index (χ1) is 21.7. The maximum Gasteiger partial charge on any atom is 0.228 e. The van der Waals surface area contributed by atoms with Crippen LogP contribution < -0.4 is 15.1 Å². The largest absolute Gasteiger partial charge is 0.353 e. The number of aromatic nitrogens is 2. The first-order valence-corrected chi connectivity index (χ1v) is 16.0. The molecule has 2 atom stereocenters. The van der Waals surface area contributed by atoms with Gasteiger partial charge in [-0.15, -0.1) is 0 Å². The lowest BCUT2D eigenvalue weighted by Crippen LogP contribution is -2.46. The molecule has 6 rings (SSSR count). The number of carbonyl (C=O) groups excluding carboxylic acids is 2. The molecule has 5 heterocycles. The highest BCUT2D eigenvalue weighted by molar-refractivity contribution is 6.02. The third kappa shape index (κ3) is 8.33. The number of halogens is 1. The van der Waals surface area contributed by atoms with Gasteiger partial charge in [0.05, 0.1) is 5.69 Å². The van der Waals surface area contributed by atoms with Gasteiger partial charge in [-0.1, -0.05) is 6.08 Å². The summed E-state index contributed by atoms with van der Waals surface area (Å²) in [5, 5.41) is 2.89. The van der Waals surface area contributed by atoms with Crippen LogP contribution in [-0.4, -0.2) is 103 Å². The molecule has 1 aromatic heterocycles. The highest BCUT2D eigenvalue weighted by Crippen LogP contribution is 2.30. The minimum atomic E-state index is -0.256. The zero-order valence-corrected chi connectivity index (χ0v) is 26.9. The van der Waals surface area contributed by atoms with Gasteiger partial charge in [0.25, 0.3) is 0 Å². The number of nitrogens with one attached hydrogen (secondary N) is 1. The quantitative estimate of drug-likeness (QED) is 0.486. The molecule has 0 radical (unpaired) electrons. The molecule has 1 N–H and O–H groups in total. The van der Waals surface area contributed by atoms with Crippen molar-refractivity contribution in [1.82, 2.24) is 25.1 Å². The third-order valence-electron chi connectivity index (χ3n) is 8.85. The van der Waals surface area contributed by atoms with Crippen molar-refractivity contribution in [3.05, 3.63) is 59.2 Å². The van der Waals surface area contributed by atoms with E-state index in [4.69, 9.17) is 9.97 Å². The standard InChI is InChI=1S/C27H31FN6O.C7H14N2O/c1-19-5-6-21(18-35)17-29-26(19)33-14-12-32(13-15-33)25-16-24(22-7-9-23(28)10-8-22)30-27(31-25)34-11-3-4-20(34)2;1-6(10)8-7-3-4-9(2)5-7/h6-10,16-18,20H,3-5,11-15H2,1-2H3;7H,3-5H2,1-2H3,(H,8,10). The summed E-state index contributed by atoms with van der Waals surface area (Å²) < 4.78 is 13.5. The molecule has 2 unspecified atom stereocenters. The average Bonchev–Trinajstić information content (AvgIpc) is 3.60. The molecule has 45 heavy (non-hydrogen) atoms. The number of hydrogen-bond acceptors (Lipinski definition) is 9. The molecule has 10 nitrogen and oxygen atoms in total. The van der Waals surface area contributed by atoms with E-state index in [9.17, 15) is 14.0 Å². The number of carbonyl (C=O) groups is 2. The molecule has 11 heteroatoms. The first-order valence-electron chi connectivity index (χ1n) is 16.0. The van der Waals surface area contributed by atoms with E-state index in [0.717, 1.165) is 112 Å². The van der Waals surface area contributed by atoms with E-state index in [2.05, 4.69) is 50.8 Å². The van der Waals surface area contributed by atoms with Gasteiger partial charge >= 0.3 is 0 Å². The van der Waals surface area contributed by atoms with Crippen LogP contribution >= 0.6 is 0 Å². The number of amides is 1. The fourth-order valence-electron chi connectivity index (χ4n) is 6.29. The Hall–Kier alpha value is -4.12. The molecule has 3 fully saturated rings. The number of nitrogens with zero attached hydrogens (tertiary/aromatic N) is 7. The molecule has 1 amide bonds. The Balaban J connectivity index is 0.000000342. The van der Waals surface area contributed by atoms with Gasteiger partial charge in [-0.05, 0) is 83.0 Å². The number of likely N-dealkylation sites (tertiary alicyclic amines) is 1. The normalized spacial score (nSPS) is 22.2. The summed E-state index contributed by atoms with van der Waals surface area (Å²) >= 11 is 0. The number of anilines is 2. The second kappa shape index (κ2) is 14.8. The second-order valence-electron chi connectivity index (χ2n) is 12.4. The molecular weight excluding hydrogens is 571 g/mol. The van der Waals surface area contributed by atoms with Gasteiger partial charge in [-0.25, -0.2) is 14.4 Å². The minimum Gasteiger partial charge on any atom is -0.353 e. The van der Waals surface area contributed by atoms with E-state index in [1.165, 1.54) is 12.1 Å². The molecule has 240 valence electrons. The highest BCUT2D eigenvalue weighted by Gasteiger charge is 2.27. The van der Waals surface area contributed by atoms with Gasteiger partial charge < -0.3 is 24.9 Å². The van der Waals surface area contributed by atoms with Gasteiger partial charge in [0.15, 0.2) is 6.29 Å². The van der Waals surface area contributed by atoms with Gasteiger partial charge in [0.1, 0.15) is 17.5 Å². The Morgan fingerprint density at radius 3 is 2.38 bits per heavy atom. The van der Waals surface area contributed by atoms with Crippen LogP contribution in [0.1, 0.15) is 46.5 Å². The fourth-order valence-corrected chi connectivity index (χ4v) is 6.29. The number of likely N-dealkylation sites (N-methyl/N-ethyl adjacent to an activating group) is 1. The Kier molecular flexibility index (Phi) is 10.6. The summed E-state index contributed by atoms with van der Waals surface area (Å²) in [6.07, 6.45) is 8.53. The zero-order valence-electron chi connectivity index (χ0n) is 26.9. The molecule has 2 aromatic rings. The highest BCUT2D eigenvalue weighted by atomic mass is 19.1. The predicted octanol–water partition coefficient (Wildman–Crippen LogP) is 4.05. The third-order valence-corrected chi connectivity index (χ3v) is 8.85. The Bertz CT molecular complexity index is 1450. The number of aliphatic imine (C=N–C) groups is 1. The van der Waals surface area contributed by atoms with E-state index in [1.54, 1.807) is 25.3 Å². The fraction of sp³-hybridized carbons (Fsp3) is 0.500. The van der Waals surface area contributed by atoms with E-state index < -0.39 is 0 Å². The molecule has 0 aliphatic carbocycles. The predicted molar refractivity (Wildman–Crippen MR) is 177 cm³/mol. The van der Waals surface area contributed by atoms with Gasteiger partial charge in [0.2, 0.25) is 11.9 Å². The maximum absolute atomic E-state index is 13.5. The minimum absolute atomic E-state index is 0.0836. The Morgan fingerprint density at radius 2 is 1.76 bits per heavy atom. The zero-order chi connectivity index (χ0) is 31.9. The number of hydrogen-bond donors (Lipinski definition) is 1. The summed E-state index contributed by atoms with van der Waals surface area (Å²) in [6.45, 7) is 12.1. The molecule has 4 aliphatic heterocycles. The van der Waals surface area contributed by atoms with Gasteiger partial charge in [-0.2, -0.15) is 4.98 Å². The van der Waals surface area contributed by atoms with Crippen molar-refractivity contribution in [2.75, 3.05) is 62.7 Å². The second-order valence-corrected chi connectivity index (χ2v) is 12.4. The lowest BCUT2D eigenvalue weighted by Gasteiger charge is -2.37. The van der Waals surface area contributed by atoms with Crippen molar-refractivity contribution in [1.29, 1.82) is 0 Å². The van der Waals surface area contributed by atoms with E-state index in [-0.39, 0.29) is 11.7 Å².